The van der Waals surface area contributed by atoms with Gasteiger partial charge in [0.1, 0.15) is 5.69 Å². The van der Waals surface area contributed by atoms with Gasteiger partial charge in [-0.15, -0.1) is 0 Å². The van der Waals surface area contributed by atoms with Crippen molar-refractivity contribution in [3.8, 4) is 0 Å². The van der Waals surface area contributed by atoms with Crippen molar-refractivity contribution < 1.29 is 4.79 Å². The van der Waals surface area contributed by atoms with Crippen LogP contribution in [0.15, 0.2) is 12.4 Å². The quantitative estimate of drug-likeness (QED) is 0.836. The monoisotopic (exact) mass is 331 g/mol. The fourth-order valence-electron chi connectivity index (χ4n) is 3.74. The molecule has 24 heavy (non-hydrogen) atoms. The first-order valence-electron chi connectivity index (χ1n) is 9.19. The third-order valence-corrected chi connectivity index (χ3v) is 5.11. The zero-order valence-electron chi connectivity index (χ0n) is 14.9. The highest BCUT2D eigenvalue weighted by atomic mass is 16.2. The molecule has 0 aliphatic carbocycles. The SMILES string of the molecule is CCCN1CCN(C(=O)c2cncc([C@H]3CCCN(C)C3)n2)CC1. The van der Waals surface area contributed by atoms with Gasteiger partial charge >= 0.3 is 0 Å². The number of amides is 1. The molecule has 2 fully saturated rings. The summed E-state index contributed by atoms with van der Waals surface area (Å²) in [5, 5.41) is 0. The number of nitrogens with zero attached hydrogens (tertiary/aromatic N) is 5. The van der Waals surface area contributed by atoms with Gasteiger partial charge in [-0.2, -0.15) is 0 Å². The van der Waals surface area contributed by atoms with Crippen molar-refractivity contribution in [2.75, 3.05) is 52.9 Å². The average molecular weight is 331 g/mol. The van der Waals surface area contributed by atoms with E-state index in [1.54, 1.807) is 6.20 Å². The standard InChI is InChI=1S/C18H29N5O/c1-3-6-22-8-10-23(11-9-22)18(24)17-13-19-12-16(20-17)15-5-4-7-21(2)14-15/h12-13,15H,3-11,14H2,1-2H3/t15-/m0/s1. The maximum atomic E-state index is 12.8. The number of aromatic nitrogens is 2. The van der Waals surface area contributed by atoms with Gasteiger partial charge in [-0.05, 0) is 39.4 Å². The van der Waals surface area contributed by atoms with E-state index < -0.39 is 0 Å². The third-order valence-electron chi connectivity index (χ3n) is 5.11. The fraction of sp³-hybridized carbons (Fsp3) is 0.722. The van der Waals surface area contributed by atoms with E-state index in [-0.39, 0.29) is 5.91 Å². The van der Waals surface area contributed by atoms with E-state index >= 15 is 0 Å². The molecular weight excluding hydrogens is 302 g/mol. The van der Waals surface area contributed by atoms with E-state index in [4.69, 9.17) is 0 Å². The predicted octanol–water partition coefficient (Wildman–Crippen LogP) is 1.45. The number of likely N-dealkylation sites (N-methyl/N-ethyl adjacent to an activating group) is 1. The highest BCUT2D eigenvalue weighted by Gasteiger charge is 2.25. The molecule has 6 nitrogen and oxygen atoms in total. The Morgan fingerprint density at radius 3 is 2.71 bits per heavy atom. The average Bonchev–Trinajstić information content (AvgIpc) is 2.62. The molecule has 3 heterocycles. The van der Waals surface area contributed by atoms with Gasteiger partial charge in [0.15, 0.2) is 0 Å². The lowest BCUT2D eigenvalue weighted by Crippen LogP contribution is -2.49. The summed E-state index contributed by atoms with van der Waals surface area (Å²) in [5.74, 6) is 0.426. The number of rotatable bonds is 4. The number of piperazine rings is 1. The van der Waals surface area contributed by atoms with Crippen LogP contribution in [0.25, 0.3) is 0 Å². The van der Waals surface area contributed by atoms with Gasteiger partial charge < -0.3 is 9.80 Å². The number of hydrogen-bond acceptors (Lipinski definition) is 5. The molecule has 6 heteroatoms. The Morgan fingerprint density at radius 2 is 2.00 bits per heavy atom. The minimum Gasteiger partial charge on any atom is -0.335 e. The summed E-state index contributed by atoms with van der Waals surface area (Å²) in [6.45, 7) is 8.95. The van der Waals surface area contributed by atoms with Crippen LogP contribution in [0.3, 0.4) is 0 Å². The summed E-state index contributed by atoms with van der Waals surface area (Å²) < 4.78 is 0. The molecule has 1 aromatic heterocycles. The van der Waals surface area contributed by atoms with Crippen LogP contribution < -0.4 is 0 Å². The molecule has 0 unspecified atom stereocenters. The predicted molar refractivity (Wildman–Crippen MR) is 94.1 cm³/mol. The van der Waals surface area contributed by atoms with Gasteiger partial charge in [-0.25, -0.2) is 4.98 Å². The lowest BCUT2D eigenvalue weighted by Gasteiger charge is -2.34. The third kappa shape index (κ3) is 4.11. The van der Waals surface area contributed by atoms with Gasteiger partial charge in [-0.3, -0.25) is 14.7 Å². The second-order valence-electron chi connectivity index (χ2n) is 7.06. The van der Waals surface area contributed by atoms with E-state index in [0.717, 1.165) is 64.3 Å². The van der Waals surface area contributed by atoms with E-state index in [2.05, 4.69) is 33.7 Å². The van der Waals surface area contributed by atoms with Crippen LogP contribution in [-0.4, -0.2) is 83.4 Å². The van der Waals surface area contributed by atoms with Crippen molar-refractivity contribution in [1.29, 1.82) is 0 Å². The van der Waals surface area contributed by atoms with Crippen molar-refractivity contribution in [1.82, 2.24) is 24.7 Å². The molecule has 0 N–H and O–H groups in total. The molecule has 0 radical (unpaired) electrons. The van der Waals surface area contributed by atoms with Gasteiger partial charge in [0.25, 0.3) is 5.91 Å². The highest BCUT2D eigenvalue weighted by molar-refractivity contribution is 5.92. The van der Waals surface area contributed by atoms with Crippen molar-refractivity contribution in [2.24, 2.45) is 0 Å². The normalized spacial score (nSPS) is 23.4. The number of piperidine rings is 1. The lowest BCUT2D eigenvalue weighted by atomic mass is 9.95. The molecule has 1 aromatic rings. The molecule has 1 atom stereocenters. The first-order chi connectivity index (χ1) is 11.7. The van der Waals surface area contributed by atoms with Gasteiger partial charge in [0, 0.05) is 44.8 Å². The summed E-state index contributed by atoms with van der Waals surface area (Å²) in [6, 6.07) is 0. The Kier molecular flexibility index (Phi) is 5.79. The second kappa shape index (κ2) is 8.03. The topological polar surface area (TPSA) is 52.6 Å². The van der Waals surface area contributed by atoms with E-state index in [1.165, 1.54) is 6.42 Å². The van der Waals surface area contributed by atoms with Crippen LogP contribution in [0.1, 0.15) is 48.3 Å². The Bertz CT molecular complexity index is 556. The maximum Gasteiger partial charge on any atom is 0.274 e. The van der Waals surface area contributed by atoms with Crippen LogP contribution >= 0.6 is 0 Å². The van der Waals surface area contributed by atoms with Crippen LogP contribution in [0.2, 0.25) is 0 Å². The molecular formula is C18H29N5O. The molecule has 132 valence electrons. The zero-order valence-corrected chi connectivity index (χ0v) is 14.9. The number of carbonyl (C=O) groups is 1. The van der Waals surface area contributed by atoms with Crippen molar-refractivity contribution in [3.63, 3.8) is 0 Å². The first kappa shape index (κ1) is 17.3. The number of carbonyl (C=O) groups excluding carboxylic acids is 1. The Balaban J connectivity index is 1.64. The van der Waals surface area contributed by atoms with Crippen LogP contribution in [0, 0.1) is 0 Å². The van der Waals surface area contributed by atoms with Crippen molar-refractivity contribution in [2.45, 2.75) is 32.1 Å². The van der Waals surface area contributed by atoms with Crippen molar-refractivity contribution in [3.05, 3.63) is 23.8 Å². The van der Waals surface area contributed by atoms with Gasteiger partial charge in [0.2, 0.25) is 0 Å². The first-order valence-corrected chi connectivity index (χ1v) is 9.19. The molecule has 0 aromatic carbocycles. The summed E-state index contributed by atoms with van der Waals surface area (Å²) in [4.78, 5) is 28.4. The molecule has 0 saturated carbocycles. The summed E-state index contributed by atoms with van der Waals surface area (Å²) in [7, 11) is 2.14. The Labute approximate surface area is 144 Å². The van der Waals surface area contributed by atoms with E-state index in [0.29, 0.717) is 11.6 Å². The van der Waals surface area contributed by atoms with Gasteiger partial charge in [0.05, 0.1) is 11.9 Å². The summed E-state index contributed by atoms with van der Waals surface area (Å²) in [6.07, 6.45) is 6.93. The van der Waals surface area contributed by atoms with Crippen LogP contribution in [-0.2, 0) is 0 Å². The van der Waals surface area contributed by atoms with Crippen LogP contribution in [0.4, 0.5) is 0 Å². The summed E-state index contributed by atoms with van der Waals surface area (Å²) >= 11 is 0. The second-order valence-corrected chi connectivity index (χ2v) is 7.06. The maximum absolute atomic E-state index is 12.8. The molecule has 0 bridgehead atoms. The number of likely N-dealkylation sites (tertiary alicyclic amines) is 1. The zero-order chi connectivity index (χ0) is 16.9. The molecule has 2 saturated heterocycles. The molecule has 3 rings (SSSR count). The Morgan fingerprint density at radius 1 is 1.21 bits per heavy atom. The molecule has 0 spiro atoms. The fourth-order valence-corrected chi connectivity index (χ4v) is 3.74. The van der Waals surface area contributed by atoms with Crippen LogP contribution in [0.5, 0.6) is 0 Å². The minimum atomic E-state index is 0.0321. The molecule has 2 aliphatic rings. The Hall–Kier alpha value is -1.53. The molecule has 2 aliphatic heterocycles. The summed E-state index contributed by atoms with van der Waals surface area (Å²) in [5.41, 5.74) is 1.47. The highest BCUT2D eigenvalue weighted by Crippen LogP contribution is 2.24. The van der Waals surface area contributed by atoms with Gasteiger partial charge in [-0.1, -0.05) is 6.92 Å². The lowest BCUT2D eigenvalue weighted by molar-refractivity contribution is 0.0630. The minimum absolute atomic E-state index is 0.0321. The van der Waals surface area contributed by atoms with Crippen molar-refractivity contribution >= 4 is 5.91 Å². The largest absolute Gasteiger partial charge is 0.335 e. The molecule has 1 amide bonds. The van der Waals surface area contributed by atoms with E-state index in [9.17, 15) is 4.79 Å². The van der Waals surface area contributed by atoms with E-state index in [1.807, 2.05) is 11.1 Å². The smallest absolute Gasteiger partial charge is 0.274 e. The number of hydrogen-bond donors (Lipinski definition) is 0.